The summed E-state index contributed by atoms with van der Waals surface area (Å²) in [4.78, 5) is 17.0. The third kappa shape index (κ3) is 6.37. The van der Waals surface area contributed by atoms with Crippen LogP contribution in [0.5, 0.6) is 0 Å². The van der Waals surface area contributed by atoms with Crippen LogP contribution < -0.4 is 0 Å². The van der Waals surface area contributed by atoms with Crippen molar-refractivity contribution in [3.8, 4) is 0 Å². The van der Waals surface area contributed by atoms with Crippen molar-refractivity contribution >= 4 is 40.5 Å². The minimum Gasteiger partial charge on any atom is -0.481 e. The molecule has 0 aliphatic carbocycles. The molecule has 1 spiro atoms. The highest BCUT2D eigenvalue weighted by Crippen LogP contribution is 2.43. The molecule has 4 atom stereocenters. The number of likely N-dealkylation sites (tertiary alicyclic amines) is 2. The van der Waals surface area contributed by atoms with E-state index in [0.717, 1.165) is 82.0 Å². The van der Waals surface area contributed by atoms with Gasteiger partial charge in [0.1, 0.15) is 0 Å². The monoisotopic (exact) mass is 564 g/mol. The molecule has 3 fully saturated rings. The number of rotatable bonds is 9. The van der Waals surface area contributed by atoms with E-state index in [9.17, 15) is 9.90 Å². The molecule has 0 amide bonds. The van der Waals surface area contributed by atoms with Gasteiger partial charge in [-0.15, -0.1) is 0 Å². The second-order valence-electron chi connectivity index (χ2n) is 11.3. The lowest BCUT2D eigenvalue weighted by atomic mass is 9.79. The van der Waals surface area contributed by atoms with Crippen LogP contribution in [-0.4, -0.2) is 65.8 Å². The van der Waals surface area contributed by atoms with Gasteiger partial charge in [-0.3, -0.25) is 9.69 Å². The number of carboxylic acid groups (broad SMARTS) is 1. The number of piperidine rings is 1. The van der Waals surface area contributed by atoms with Gasteiger partial charge in [0.25, 0.3) is 0 Å². The number of nitrogens with zero attached hydrogens (tertiary/aromatic N) is 2. The summed E-state index contributed by atoms with van der Waals surface area (Å²) in [6.45, 7) is 8.72. The SMILES string of the molecule is CCCC(C(=O)O)C1COC2(CCN(C[C@H]3CN(Cc4ccc(Cl)cc4Cl)C[C@@H]3c3ccsc3)CC2)C1. The zero-order valence-electron chi connectivity index (χ0n) is 21.6. The fourth-order valence-corrected chi connectivity index (χ4v) is 8.06. The summed E-state index contributed by atoms with van der Waals surface area (Å²) in [7, 11) is 0. The fraction of sp³-hybridized carbons (Fsp3) is 0.621. The summed E-state index contributed by atoms with van der Waals surface area (Å²) in [5, 5.41) is 15.6. The number of aliphatic carboxylic acids is 1. The van der Waals surface area contributed by atoms with Crippen molar-refractivity contribution in [1.29, 1.82) is 0 Å². The molecule has 1 N–H and O–H groups in total. The molecule has 4 heterocycles. The van der Waals surface area contributed by atoms with Crippen molar-refractivity contribution < 1.29 is 14.6 Å². The van der Waals surface area contributed by atoms with Gasteiger partial charge in [0.05, 0.1) is 18.1 Å². The van der Waals surface area contributed by atoms with Gasteiger partial charge in [0.15, 0.2) is 0 Å². The van der Waals surface area contributed by atoms with Crippen LogP contribution in [0.15, 0.2) is 35.0 Å². The summed E-state index contributed by atoms with van der Waals surface area (Å²) >= 11 is 14.4. The highest BCUT2D eigenvalue weighted by Gasteiger charge is 2.46. The van der Waals surface area contributed by atoms with Crippen molar-refractivity contribution in [3.05, 3.63) is 56.2 Å². The van der Waals surface area contributed by atoms with E-state index in [4.69, 9.17) is 27.9 Å². The average Bonchev–Trinajstić information content (AvgIpc) is 3.62. The highest BCUT2D eigenvalue weighted by molar-refractivity contribution is 7.08. The first-order chi connectivity index (χ1) is 17.9. The van der Waals surface area contributed by atoms with Gasteiger partial charge >= 0.3 is 5.97 Å². The number of halogens is 2. The van der Waals surface area contributed by atoms with Crippen LogP contribution in [0.2, 0.25) is 10.0 Å². The van der Waals surface area contributed by atoms with Crippen LogP contribution >= 0.6 is 34.5 Å². The van der Waals surface area contributed by atoms with E-state index in [2.05, 4.69) is 33.6 Å². The maximum Gasteiger partial charge on any atom is 0.306 e. The average molecular weight is 566 g/mol. The second-order valence-corrected chi connectivity index (χ2v) is 13.0. The van der Waals surface area contributed by atoms with Crippen LogP contribution in [0.3, 0.4) is 0 Å². The van der Waals surface area contributed by atoms with Crippen molar-refractivity contribution in [2.24, 2.45) is 17.8 Å². The first-order valence-corrected chi connectivity index (χ1v) is 15.3. The molecule has 202 valence electrons. The molecule has 2 unspecified atom stereocenters. The number of carbonyl (C=O) groups is 1. The lowest BCUT2D eigenvalue weighted by Crippen LogP contribution is -2.46. The maximum atomic E-state index is 11.8. The number of benzene rings is 1. The first kappa shape index (κ1) is 27.4. The predicted molar refractivity (Wildman–Crippen MR) is 151 cm³/mol. The third-order valence-corrected chi connectivity index (χ3v) is 10.2. The van der Waals surface area contributed by atoms with Gasteiger partial charge < -0.3 is 14.7 Å². The molecule has 3 saturated heterocycles. The standard InChI is InChI=1S/C29H38Cl2N2O3S/c1-2-3-25(28(34)35)22-13-29(36-18-22)7-9-32(10-8-29)15-23-16-33(17-26(23)21-6-11-37-19-21)14-20-4-5-24(30)12-27(20)31/h4-6,11-12,19,22-23,25-26H,2-3,7-10,13-18H2,1H3,(H,34,35)/t22?,23-,25?,26+/m0/s1. The Morgan fingerprint density at radius 1 is 1.22 bits per heavy atom. The summed E-state index contributed by atoms with van der Waals surface area (Å²) in [6, 6.07) is 8.09. The molecule has 3 aliphatic heterocycles. The van der Waals surface area contributed by atoms with E-state index in [1.165, 1.54) is 5.56 Å². The van der Waals surface area contributed by atoms with E-state index < -0.39 is 5.97 Å². The van der Waals surface area contributed by atoms with Crippen LogP contribution in [0, 0.1) is 17.8 Å². The van der Waals surface area contributed by atoms with Crippen molar-refractivity contribution in [2.45, 2.75) is 57.1 Å². The molecule has 2 aromatic rings. The molecular weight excluding hydrogens is 527 g/mol. The maximum absolute atomic E-state index is 11.8. The lowest BCUT2D eigenvalue weighted by Gasteiger charge is -2.40. The van der Waals surface area contributed by atoms with Crippen molar-refractivity contribution in [1.82, 2.24) is 9.80 Å². The van der Waals surface area contributed by atoms with Crippen LogP contribution in [-0.2, 0) is 16.1 Å². The third-order valence-electron chi connectivity index (χ3n) is 8.88. The predicted octanol–water partition coefficient (Wildman–Crippen LogP) is 6.64. The number of hydrogen-bond donors (Lipinski definition) is 1. The van der Waals surface area contributed by atoms with E-state index in [1.807, 2.05) is 18.2 Å². The van der Waals surface area contributed by atoms with Gasteiger partial charge in [-0.2, -0.15) is 11.3 Å². The molecule has 8 heteroatoms. The molecule has 5 nitrogen and oxygen atoms in total. The molecule has 0 saturated carbocycles. The highest BCUT2D eigenvalue weighted by atomic mass is 35.5. The molecule has 0 bridgehead atoms. The zero-order chi connectivity index (χ0) is 26.0. The fourth-order valence-electron chi connectivity index (χ4n) is 6.86. The summed E-state index contributed by atoms with van der Waals surface area (Å²) in [5.41, 5.74) is 2.46. The first-order valence-electron chi connectivity index (χ1n) is 13.6. The normalized spacial score (nSPS) is 27.2. The topological polar surface area (TPSA) is 53.0 Å². The number of carboxylic acids is 1. The smallest absolute Gasteiger partial charge is 0.306 e. The van der Waals surface area contributed by atoms with E-state index >= 15 is 0 Å². The molecule has 37 heavy (non-hydrogen) atoms. The van der Waals surface area contributed by atoms with E-state index in [0.29, 0.717) is 23.5 Å². The van der Waals surface area contributed by atoms with E-state index in [-0.39, 0.29) is 17.4 Å². The van der Waals surface area contributed by atoms with Crippen molar-refractivity contribution in [2.75, 3.05) is 39.3 Å². The lowest BCUT2D eigenvalue weighted by molar-refractivity contribution is -0.144. The van der Waals surface area contributed by atoms with Crippen LogP contribution in [0.4, 0.5) is 0 Å². The molecule has 0 radical (unpaired) electrons. The minimum absolute atomic E-state index is 0.123. The van der Waals surface area contributed by atoms with E-state index in [1.54, 1.807) is 11.3 Å². The van der Waals surface area contributed by atoms with Gasteiger partial charge in [-0.05, 0) is 77.6 Å². The molecular formula is C29H38Cl2N2O3S. The zero-order valence-corrected chi connectivity index (χ0v) is 23.9. The van der Waals surface area contributed by atoms with Gasteiger partial charge in [-0.1, -0.05) is 42.6 Å². The number of ether oxygens (including phenoxy) is 1. The molecule has 1 aromatic carbocycles. The van der Waals surface area contributed by atoms with Gasteiger partial charge in [0, 0.05) is 55.2 Å². The Morgan fingerprint density at radius 2 is 2.03 bits per heavy atom. The van der Waals surface area contributed by atoms with Gasteiger partial charge in [-0.25, -0.2) is 0 Å². The molecule has 1 aromatic heterocycles. The molecule has 3 aliphatic rings. The Bertz CT molecular complexity index is 1060. The van der Waals surface area contributed by atoms with Gasteiger partial charge in [0.2, 0.25) is 0 Å². The summed E-state index contributed by atoms with van der Waals surface area (Å²) in [6.07, 6.45) is 4.55. The Hall–Kier alpha value is -1.15. The Kier molecular flexibility index (Phi) is 8.84. The Morgan fingerprint density at radius 3 is 2.70 bits per heavy atom. The minimum atomic E-state index is -0.657. The largest absolute Gasteiger partial charge is 0.481 e. The second kappa shape index (κ2) is 11.9. The Balaban J connectivity index is 1.19. The summed E-state index contributed by atoms with van der Waals surface area (Å²) in [5.74, 6) is 0.302. The van der Waals surface area contributed by atoms with Crippen molar-refractivity contribution in [3.63, 3.8) is 0 Å². The van der Waals surface area contributed by atoms with Crippen LogP contribution in [0.1, 0.15) is 56.1 Å². The number of hydrogen-bond acceptors (Lipinski definition) is 5. The van der Waals surface area contributed by atoms with Crippen LogP contribution in [0.25, 0.3) is 0 Å². The molecule has 5 rings (SSSR count). The summed E-state index contributed by atoms with van der Waals surface area (Å²) < 4.78 is 6.35. The Labute approximate surface area is 234 Å². The quantitative estimate of drug-likeness (QED) is 0.369. The number of thiophene rings is 1.